The van der Waals surface area contributed by atoms with E-state index in [1.807, 2.05) is 13.8 Å². The fourth-order valence-corrected chi connectivity index (χ4v) is 6.17. The number of benzene rings is 1. The van der Waals surface area contributed by atoms with Crippen LogP contribution in [0.1, 0.15) is 45.9 Å². The fraction of sp³-hybridized carbons (Fsp3) is 0.333. The Morgan fingerprint density at radius 1 is 1.15 bits per heavy atom. The van der Waals surface area contributed by atoms with Gasteiger partial charge in [0.15, 0.2) is 15.6 Å². The molecule has 0 saturated carbocycles. The highest BCUT2D eigenvalue weighted by molar-refractivity contribution is 7.92. The van der Waals surface area contributed by atoms with Crippen molar-refractivity contribution in [3.05, 3.63) is 44.2 Å². The van der Waals surface area contributed by atoms with Gasteiger partial charge in [-0.25, -0.2) is 8.42 Å². The summed E-state index contributed by atoms with van der Waals surface area (Å²) >= 11 is 12.8. The predicted octanol–water partition coefficient (Wildman–Crippen LogP) is 4.87. The molecule has 1 N–H and O–H groups in total. The summed E-state index contributed by atoms with van der Waals surface area (Å²) in [6, 6.07) is 4.62. The van der Waals surface area contributed by atoms with Crippen molar-refractivity contribution in [2.24, 2.45) is 5.41 Å². The Kier molecular flexibility index (Phi) is 5.18. The summed E-state index contributed by atoms with van der Waals surface area (Å²) < 4.78 is 24.3. The molecule has 1 aromatic heterocycles. The average molecular weight is 446 g/mol. The van der Waals surface area contributed by atoms with Gasteiger partial charge in [-0.3, -0.25) is 9.59 Å². The second kappa shape index (κ2) is 6.88. The van der Waals surface area contributed by atoms with Crippen LogP contribution in [0.2, 0.25) is 10.0 Å². The Hall–Kier alpha value is -1.41. The Labute approximate surface area is 171 Å². The van der Waals surface area contributed by atoms with Gasteiger partial charge in [-0.2, -0.15) is 0 Å². The molecule has 0 radical (unpaired) electrons. The van der Waals surface area contributed by atoms with Crippen LogP contribution in [-0.2, 0) is 16.3 Å². The fourth-order valence-electron chi connectivity index (χ4n) is 3.22. The summed E-state index contributed by atoms with van der Waals surface area (Å²) in [5.41, 5.74) is 0.694. The number of carbonyl (C=O) groups is 2. The van der Waals surface area contributed by atoms with Gasteiger partial charge in [0.1, 0.15) is 4.21 Å². The third kappa shape index (κ3) is 4.21. The summed E-state index contributed by atoms with van der Waals surface area (Å²) in [5, 5.41) is 3.41. The van der Waals surface area contributed by atoms with E-state index in [0.717, 1.165) is 17.6 Å². The molecule has 1 aliphatic carbocycles. The van der Waals surface area contributed by atoms with Crippen LogP contribution in [0.5, 0.6) is 0 Å². The molecule has 0 fully saturated rings. The lowest BCUT2D eigenvalue weighted by atomic mass is 9.74. The van der Waals surface area contributed by atoms with Gasteiger partial charge in [-0.15, -0.1) is 11.3 Å². The van der Waals surface area contributed by atoms with Crippen LogP contribution in [0.4, 0.5) is 5.69 Å². The van der Waals surface area contributed by atoms with E-state index in [2.05, 4.69) is 5.32 Å². The zero-order chi connectivity index (χ0) is 20.1. The van der Waals surface area contributed by atoms with Gasteiger partial charge in [0, 0.05) is 28.4 Å². The number of hydrogen-bond donors (Lipinski definition) is 1. The van der Waals surface area contributed by atoms with E-state index in [9.17, 15) is 18.0 Å². The van der Waals surface area contributed by atoms with Gasteiger partial charge in [-0.1, -0.05) is 37.0 Å². The van der Waals surface area contributed by atoms with Crippen molar-refractivity contribution < 1.29 is 18.0 Å². The van der Waals surface area contributed by atoms with E-state index in [4.69, 9.17) is 23.2 Å². The minimum Gasteiger partial charge on any atom is -0.321 e. The van der Waals surface area contributed by atoms with Crippen LogP contribution in [-0.4, -0.2) is 26.4 Å². The number of ketones is 1. The number of rotatable bonds is 3. The van der Waals surface area contributed by atoms with Crippen LogP contribution in [0.3, 0.4) is 0 Å². The molecule has 3 rings (SSSR count). The second-order valence-corrected chi connectivity index (χ2v) is 11.5. The Morgan fingerprint density at radius 2 is 1.74 bits per heavy atom. The Morgan fingerprint density at radius 3 is 2.30 bits per heavy atom. The molecule has 1 heterocycles. The molecule has 0 aliphatic heterocycles. The van der Waals surface area contributed by atoms with E-state index in [0.29, 0.717) is 27.7 Å². The first-order valence-corrected chi connectivity index (χ1v) is 11.5. The van der Waals surface area contributed by atoms with Crippen molar-refractivity contribution in [3.63, 3.8) is 0 Å². The van der Waals surface area contributed by atoms with Gasteiger partial charge < -0.3 is 5.32 Å². The number of halogens is 2. The van der Waals surface area contributed by atoms with Crippen molar-refractivity contribution >= 4 is 61.8 Å². The normalized spacial score (nSPS) is 16.1. The Bertz CT molecular complexity index is 1050. The standard InChI is InChI=1S/C18H17Cl2NO4S2/c1-18(2)7-12-14(13(22)8-18)17(27(3,24)25)26-15(12)16(23)21-11-5-9(19)4-10(20)6-11/h4-6H,7-8H2,1-3H3,(H,21,23). The summed E-state index contributed by atoms with van der Waals surface area (Å²) in [6.45, 7) is 3.84. The summed E-state index contributed by atoms with van der Waals surface area (Å²) in [5.74, 6) is -0.738. The number of anilines is 1. The van der Waals surface area contributed by atoms with Crippen LogP contribution >= 0.6 is 34.5 Å². The summed E-state index contributed by atoms with van der Waals surface area (Å²) in [7, 11) is -3.64. The predicted molar refractivity (Wildman–Crippen MR) is 108 cm³/mol. The van der Waals surface area contributed by atoms with E-state index in [1.54, 1.807) is 0 Å². The van der Waals surface area contributed by atoms with E-state index in [-0.39, 0.29) is 32.3 Å². The third-order valence-corrected chi connectivity index (χ3v) is 7.71. The number of carbonyl (C=O) groups excluding carboxylic acids is 2. The number of sulfone groups is 1. The van der Waals surface area contributed by atoms with Crippen LogP contribution < -0.4 is 5.32 Å². The molecule has 1 amide bonds. The molecular formula is C18H17Cl2NO4S2. The average Bonchev–Trinajstić information content (AvgIpc) is 2.84. The maximum Gasteiger partial charge on any atom is 0.266 e. The molecule has 0 spiro atoms. The summed E-state index contributed by atoms with van der Waals surface area (Å²) in [4.78, 5) is 25.7. The molecular weight excluding hydrogens is 429 g/mol. The quantitative estimate of drug-likeness (QED) is 0.730. The monoisotopic (exact) mass is 445 g/mol. The molecule has 0 bridgehead atoms. The maximum absolute atomic E-state index is 12.9. The first-order chi connectivity index (χ1) is 12.4. The number of thiophene rings is 1. The molecule has 1 aliphatic rings. The van der Waals surface area contributed by atoms with Crippen molar-refractivity contribution in [3.8, 4) is 0 Å². The lowest BCUT2D eigenvalue weighted by molar-refractivity contribution is 0.0909. The molecule has 1 aromatic carbocycles. The van der Waals surface area contributed by atoms with E-state index < -0.39 is 15.7 Å². The maximum atomic E-state index is 12.9. The Balaban J connectivity index is 2.10. The highest BCUT2D eigenvalue weighted by Crippen LogP contribution is 2.43. The topological polar surface area (TPSA) is 80.3 Å². The second-order valence-electron chi connectivity index (χ2n) is 7.40. The molecule has 2 aromatic rings. The largest absolute Gasteiger partial charge is 0.321 e. The first kappa shape index (κ1) is 20.3. The first-order valence-electron chi connectivity index (χ1n) is 8.04. The lowest BCUT2D eigenvalue weighted by Gasteiger charge is -2.29. The minimum atomic E-state index is -3.64. The summed E-state index contributed by atoms with van der Waals surface area (Å²) in [6.07, 6.45) is 1.73. The zero-order valence-corrected chi connectivity index (χ0v) is 18.0. The van der Waals surface area contributed by atoms with Gasteiger partial charge in [0.2, 0.25) is 0 Å². The van der Waals surface area contributed by atoms with E-state index >= 15 is 0 Å². The molecule has 0 atom stereocenters. The van der Waals surface area contributed by atoms with Crippen LogP contribution in [0, 0.1) is 5.41 Å². The number of Topliss-reactive ketones (excluding diaryl/α,β-unsaturated/α-hetero) is 1. The van der Waals surface area contributed by atoms with Crippen LogP contribution in [0.15, 0.2) is 22.4 Å². The molecule has 27 heavy (non-hydrogen) atoms. The van der Waals surface area contributed by atoms with Gasteiger partial charge in [-0.05, 0) is 35.6 Å². The van der Waals surface area contributed by atoms with E-state index in [1.165, 1.54) is 18.2 Å². The van der Waals surface area contributed by atoms with Gasteiger partial charge in [0.25, 0.3) is 5.91 Å². The molecule has 144 valence electrons. The van der Waals surface area contributed by atoms with Gasteiger partial charge in [0.05, 0.1) is 10.4 Å². The number of amides is 1. The third-order valence-electron chi connectivity index (χ3n) is 4.21. The van der Waals surface area contributed by atoms with Crippen LogP contribution in [0.25, 0.3) is 0 Å². The highest BCUT2D eigenvalue weighted by Gasteiger charge is 2.39. The van der Waals surface area contributed by atoms with Crippen molar-refractivity contribution in [2.75, 3.05) is 11.6 Å². The smallest absolute Gasteiger partial charge is 0.266 e. The molecule has 9 heteroatoms. The van der Waals surface area contributed by atoms with Crippen molar-refractivity contribution in [1.82, 2.24) is 0 Å². The number of nitrogens with one attached hydrogen (secondary N) is 1. The lowest BCUT2D eigenvalue weighted by Crippen LogP contribution is -2.28. The number of hydrogen-bond acceptors (Lipinski definition) is 5. The van der Waals surface area contributed by atoms with Crippen molar-refractivity contribution in [1.29, 1.82) is 0 Å². The zero-order valence-electron chi connectivity index (χ0n) is 14.9. The molecule has 0 saturated heterocycles. The SMILES string of the molecule is CC1(C)CC(=O)c2c(S(C)(=O)=O)sc(C(=O)Nc3cc(Cl)cc(Cl)c3)c2C1. The van der Waals surface area contributed by atoms with Crippen molar-refractivity contribution in [2.45, 2.75) is 30.9 Å². The minimum absolute atomic E-state index is 0.0488. The number of fused-ring (bicyclic) bond motifs is 1. The highest BCUT2D eigenvalue weighted by atomic mass is 35.5. The molecule has 0 unspecified atom stereocenters. The molecule has 5 nitrogen and oxygen atoms in total. The van der Waals surface area contributed by atoms with Gasteiger partial charge >= 0.3 is 0 Å².